The van der Waals surface area contributed by atoms with E-state index in [1.807, 2.05) is 0 Å². The second-order valence-corrected chi connectivity index (χ2v) is 5.95. The van der Waals surface area contributed by atoms with Crippen molar-refractivity contribution in [2.75, 3.05) is 26.2 Å². The second-order valence-electron chi connectivity index (χ2n) is 5.95. The normalized spacial score (nSPS) is 33.7. The average Bonchev–Trinajstić information content (AvgIpc) is 3.04. The molecule has 100 valence electrons. The molecular weight excluding hydrogens is 208 g/mol. The molecule has 1 saturated carbocycles. The molecule has 1 aliphatic heterocycles. The van der Waals surface area contributed by atoms with Crippen LogP contribution < -0.4 is 0 Å². The minimum Gasteiger partial charge on any atom is -0.297 e. The molecule has 0 aromatic heterocycles. The minimum absolute atomic E-state index is 0.595. The van der Waals surface area contributed by atoms with Gasteiger partial charge < -0.3 is 0 Å². The maximum absolute atomic E-state index is 2.83. The van der Waals surface area contributed by atoms with Gasteiger partial charge in [0.1, 0.15) is 0 Å². The highest BCUT2D eigenvalue weighted by molar-refractivity contribution is 5.19. The van der Waals surface area contributed by atoms with Crippen molar-refractivity contribution < 1.29 is 0 Å². The van der Waals surface area contributed by atoms with Crippen LogP contribution in [-0.2, 0) is 0 Å². The summed E-state index contributed by atoms with van der Waals surface area (Å²) in [4.78, 5) is 5.59. The molecule has 2 aliphatic rings. The Kier molecular flexibility index (Phi) is 4.48. The monoisotopic (exact) mass is 238 g/mol. The summed E-state index contributed by atoms with van der Waals surface area (Å²) in [7, 11) is 0. The van der Waals surface area contributed by atoms with Crippen LogP contribution in [0.2, 0.25) is 0 Å². The number of nitrogens with zero attached hydrogens (tertiary/aromatic N) is 2. The van der Waals surface area contributed by atoms with Crippen LogP contribution in [0.1, 0.15) is 59.3 Å². The summed E-state index contributed by atoms with van der Waals surface area (Å²) < 4.78 is 0. The summed E-state index contributed by atoms with van der Waals surface area (Å²) in [5.41, 5.74) is 0.595. The van der Waals surface area contributed by atoms with Crippen LogP contribution in [0.4, 0.5) is 0 Å². The van der Waals surface area contributed by atoms with Gasteiger partial charge in [0.2, 0.25) is 0 Å². The van der Waals surface area contributed by atoms with E-state index in [9.17, 15) is 0 Å². The van der Waals surface area contributed by atoms with E-state index >= 15 is 0 Å². The quantitative estimate of drug-likeness (QED) is 0.672. The second kappa shape index (κ2) is 5.71. The third kappa shape index (κ3) is 2.53. The lowest BCUT2D eigenvalue weighted by Gasteiger charge is -2.41. The molecule has 0 amide bonds. The third-order valence-electron chi connectivity index (χ3n) is 4.71. The van der Waals surface area contributed by atoms with Gasteiger partial charge in [-0.2, -0.15) is 0 Å². The standard InChI is InChI=1S/C15H30N2/c1-4-7-10-17-12-11-16(9-6-3)14-13-15(14,17)8-5-2/h14H,4-13H2,1-3H3/t14-,15?/m1/s1. The Labute approximate surface area is 107 Å². The molecule has 1 unspecified atom stereocenters. The molecule has 2 rings (SSSR count). The fraction of sp³-hybridized carbons (Fsp3) is 1.00. The number of piperazine rings is 1. The van der Waals surface area contributed by atoms with Gasteiger partial charge in [0.15, 0.2) is 0 Å². The highest BCUT2D eigenvalue weighted by Gasteiger charge is 2.61. The summed E-state index contributed by atoms with van der Waals surface area (Å²) in [6.07, 6.45) is 8.24. The van der Waals surface area contributed by atoms with Crippen LogP contribution in [-0.4, -0.2) is 47.6 Å². The van der Waals surface area contributed by atoms with E-state index in [1.54, 1.807) is 0 Å². The number of hydrogen-bond acceptors (Lipinski definition) is 2. The fourth-order valence-electron chi connectivity index (χ4n) is 3.81. The van der Waals surface area contributed by atoms with Crippen LogP contribution >= 0.6 is 0 Å². The van der Waals surface area contributed by atoms with Crippen LogP contribution in [0.15, 0.2) is 0 Å². The van der Waals surface area contributed by atoms with E-state index in [1.165, 1.54) is 64.7 Å². The van der Waals surface area contributed by atoms with Crippen molar-refractivity contribution in [3.05, 3.63) is 0 Å². The van der Waals surface area contributed by atoms with Gasteiger partial charge >= 0.3 is 0 Å². The van der Waals surface area contributed by atoms with Crippen molar-refractivity contribution in [1.82, 2.24) is 9.80 Å². The first-order valence-electron chi connectivity index (χ1n) is 7.77. The molecule has 0 radical (unpaired) electrons. The van der Waals surface area contributed by atoms with Gasteiger partial charge in [-0.15, -0.1) is 0 Å². The molecule has 0 aromatic rings. The zero-order chi connectivity index (χ0) is 12.3. The molecule has 1 heterocycles. The van der Waals surface area contributed by atoms with Gasteiger partial charge in [-0.05, 0) is 38.8 Å². The molecule has 0 bridgehead atoms. The Hall–Kier alpha value is -0.0800. The fourth-order valence-corrected chi connectivity index (χ4v) is 3.81. The SMILES string of the molecule is CCCCN1CCN(CCC)[C@@H]2CC21CCC. The van der Waals surface area contributed by atoms with Gasteiger partial charge in [-0.25, -0.2) is 0 Å². The lowest BCUT2D eigenvalue weighted by molar-refractivity contribution is 0.0630. The van der Waals surface area contributed by atoms with E-state index in [4.69, 9.17) is 0 Å². The number of unbranched alkanes of at least 4 members (excludes halogenated alkanes) is 1. The van der Waals surface area contributed by atoms with Crippen molar-refractivity contribution >= 4 is 0 Å². The summed E-state index contributed by atoms with van der Waals surface area (Å²) in [6, 6.07) is 0.896. The number of fused-ring (bicyclic) bond motifs is 1. The van der Waals surface area contributed by atoms with Gasteiger partial charge in [-0.1, -0.05) is 33.6 Å². The van der Waals surface area contributed by atoms with Gasteiger partial charge in [-0.3, -0.25) is 9.80 Å². The summed E-state index contributed by atoms with van der Waals surface area (Å²) in [5, 5.41) is 0. The Morgan fingerprint density at radius 3 is 2.47 bits per heavy atom. The molecule has 0 N–H and O–H groups in total. The zero-order valence-electron chi connectivity index (χ0n) is 12.0. The van der Waals surface area contributed by atoms with Gasteiger partial charge in [0, 0.05) is 24.7 Å². The molecule has 2 nitrogen and oxygen atoms in total. The molecule has 0 spiro atoms. The zero-order valence-corrected chi connectivity index (χ0v) is 12.0. The number of rotatable bonds is 7. The van der Waals surface area contributed by atoms with Crippen molar-refractivity contribution in [2.45, 2.75) is 70.9 Å². The molecule has 2 heteroatoms. The Morgan fingerprint density at radius 2 is 1.82 bits per heavy atom. The van der Waals surface area contributed by atoms with Crippen molar-refractivity contribution in [3.63, 3.8) is 0 Å². The van der Waals surface area contributed by atoms with E-state index in [0.717, 1.165) is 6.04 Å². The summed E-state index contributed by atoms with van der Waals surface area (Å²) >= 11 is 0. The predicted octanol–water partition coefficient (Wildman–Crippen LogP) is 3.13. The molecule has 2 fully saturated rings. The molecular formula is C15H30N2. The van der Waals surface area contributed by atoms with Gasteiger partial charge in [0.25, 0.3) is 0 Å². The molecule has 1 saturated heterocycles. The largest absolute Gasteiger partial charge is 0.297 e. The Bertz CT molecular complexity index is 241. The van der Waals surface area contributed by atoms with Crippen molar-refractivity contribution in [1.29, 1.82) is 0 Å². The van der Waals surface area contributed by atoms with Gasteiger partial charge in [0.05, 0.1) is 0 Å². The molecule has 1 aliphatic carbocycles. The third-order valence-corrected chi connectivity index (χ3v) is 4.71. The average molecular weight is 238 g/mol. The Morgan fingerprint density at radius 1 is 1.00 bits per heavy atom. The highest BCUT2D eigenvalue weighted by Crippen LogP contribution is 2.51. The summed E-state index contributed by atoms with van der Waals surface area (Å²) in [6.45, 7) is 12.3. The lowest BCUT2D eigenvalue weighted by Crippen LogP contribution is -2.53. The molecule has 2 atom stereocenters. The smallest absolute Gasteiger partial charge is 0.0381 e. The Balaban J connectivity index is 1.96. The number of hydrogen-bond donors (Lipinski definition) is 0. The first-order valence-corrected chi connectivity index (χ1v) is 7.77. The predicted molar refractivity (Wildman–Crippen MR) is 74.4 cm³/mol. The van der Waals surface area contributed by atoms with Crippen molar-refractivity contribution in [3.8, 4) is 0 Å². The molecule has 0 aromatic carbocycles. The highest BCUT2D eigenvalue weighted by atomic mass is 15.4. The topological polar surface area (TPSA) is 6.48 Å². The van der Waals surface area contributed by atoms with E-state index in [-0.39, 0.29) is 0 Å². The van der Waals surface area contributed by atoms with Crippen LogP contribution in [0.25, 0.3) is 0 Å². The maximum Gasteiger partial charge on any atom is 0.0381 e. The van der Waals surface area contributed by atoms with Crippen molar-refractivity contribution in [2.24, 2.45) is 0 Å². The first-order chi connectivity index (χ1) is 8.28. The maximum atomic E-state index is 2.83. The van der Waals surface area contributed by atoms with E-state index < -0.39 is 0 Å². The van der Waals surface area contributed by atoms with E-state index in [2.05, 4.69) is 30.6 Å². The molecule has 17 heavy (non-hydrogen) atoms. The van der Waals surface area contributed by atoms with Crippen LogP contribution in [0, 0.1) is 0 Å². The lowest BCUT2D eigenvalue weighted by atomic mass is 10.0. The minimum atomic E-state index is 0.595. The van der Waals surface area contributed by atoms with Crippen LogP contribution in [0.5, 0.6) is 0 Å². The first kappa shape index (κ1) is 13.4. The summed E-state index contributed by atoms with van der Waals surface area (Å²) in [5.74, 6) is 0. The van der Waals surface area contributed by atoms with Crippen LogP contribution in [0.3, 0.4) is 0 Å². The van der Waals surface area contributed by atoms with E-state index in [0.29, 0.717) is 5.54 Å².